The molecule has 1 aliphatic rings. The van der Waals surface area contributed by atoms with E-state index in [0.717, 1.165) is 57.8 Å². The number of allylic oxidation sites excluding steroid dienone is 3. The van der Waals surface area contributed by atoms with Crippen LogP contribution >= 0.6 is 0 Å². The van der Waals surface area contributed by atoms with Gasteiger partial charge in [0.2, 0.25) is 5.91 Å². The van der Waals surface area contributed by atoms with Crippen molar-refractivity contribution in [2.45, 2.75) is 327 Å². The summed E-state index contributed by atoms with van der Waals surface area (Å²) < 4.78 is 17.6. The van der Waals surface area contributed by atoms with Crippen LogP contribution in [0.1, 0.15) is 278 Å². The molecule has 1 saturated heterocycles. The lowest BCUT2D eigenvalue weighted by Crippen LogP contribution is -2.61. The molecule has 1 rings (SSSR count). The number of ether oxygens (including phenoxy) is 3. The van der Waals surface area contributed by atoms with E-state index in [1.165, 1.54) is 173 Å². The number of hydrogen-bond donors (Lipinski definition) is 6. The fourth-order valence-electron chi connectivity index (χ4n) is 9.35. The zero-order valence-electron chi connectivity index (χ0n) is 45.4. The number of esters is 1. The van der Waals surface area contributed by atoms with Crippen LogP contribution in [-0.2, 0) is 23.8 Å². The first-order valence-electron chi connectivity index (χ1n) is 29.6. The molecule has 1 heterocycles. The Morgan fingerprint density at radius 3 is 1.39 bits per heavy atom. The minimum atomic E-state index is -1.61. The number of carbonyl (C=O) groups is 2. The first-order valence-corrected chi connectivity index (χ1v) is 29.6. The highest BCUT2D eigenvalue weighted by Gasteiger charge is 2.47. The smallest absolute Gasteiger partial charge is 0.306 e. The van der Waals surface area contributed by atoms with Gasteiger partial charge >= 0.3 is 5.97 Å². The molecule has 0 aromatic carbocycles. The zero-order valence-corrected chi connectivity index (χ0v) is 45.4. The molecule has 6 N–H and O–H groups in total. The van der Waals surface area contributed by atoms with Gasteiger partial charge in [-0.25, -0.2) is 0 Å². The van der Waals surface area contributed by atoms with Crippen molar-refractivity contribution < 1.29 is 49.3 Å². The third-order valence-corrected chi connectivity index (χ3v) is 14.1. The fraction of sp³-hybridized carbons (Fsp3) is 0.898. The number of aliphatic hydroxyl groups excluding tert-OH is 5. The zero-order chi connectivity index (χ0) is 51.1. The van der Waals surface area contributed by atoms with Gasteiger partial charge in [-0.2, -0.15) is 0 Å². The van der Waals surface area contributed by atoms with Gasteiger partial charge in [-0.15, -0.1) is 0 Å². The predicted octanol–water partition coefficient (Wildman–Crippen LogP) is 13.3. The molecule has 1 amide bonds. The highest BCUT2D eigenvalue weighted by Crippen LogP contribution is 2.26. The molecule has 0 saturated carbocycles. The number of rotatable bonds is 50. The molecule has 0 aliphatic carbocycles. The fourth-order valence-corrected chi connectivity index (χ4v) is 9.35. The van der Waals surface area contributed by atoms with Crippen molar-refractivity contribution in [2.75, 3.05) is 13.2 Å². The molecule has 0 radical (unpaired) electrons. The van der Waals surface area contributed by atoms with Crippen LogP contribution in [0.4, 0.5) is 0 Å². The molecule has 1 fully saturated rings. The van der Waals surface area contributed by atoms with Crippen molar-refractivity contribution in [3.63, 3.8) is 0 Å². The number of unbranched alkanes of at least 4 members (excludes halogenated alkanes) is 34. The molecule has 8 atom stereocenters. The minimum absolute atomic E-state index is 0.127. The van der Waals surface area contributed by atoms with Gasteiger partial charge in [0.1, 0.15) is 24.4 Å². The summed E-state index contributed by atoms with van der Waals surface area (Å²) in [4.78, 5) is 26.4. The number of nitrogens with one attached hydrogen (secondary N) is 1. The largest absolute Gasteiger partial charge is 0.454 e. The molecule has 8 unspecified atom stereocenters. The highest BCUT2D eigenvalue weighted by molar-refractivity contribution is 5.80. The van der Waals surface area contributed by atoms with Crippen LogP contribution in [0.25, 0.3) is 0 Å². The third-order valence-electron chi connectivity index (χ3n) is 14.1. The molecule has 0 spiro atoms. The average molecular weight is 995 g/mol. The van der Waals surface area contributed by atoms with Gasteiger partial charge in [-0.05, 0) is 51.4 Å². The summed E-state index contributed by atoms with van der Waals surface area (Å²) in [5.41, 5.74) is 0. The van der Waals surface area contributed by atoms with E-state index in [9.17, 15) is 35.1 Å². The number of amides is 1. The van der Waals surface area contributed by atoms with Crippen LogP contribution in [0.3, 0.4) is 0 Å². The van der Waals surface area contributed by atoms with Gasteiger partial charge in [0, 0.05) is 6.42 Å². The Kier molecular flexibility index (Phi) is 45.5. The summed E-state index contributed by atoms with van der Waals surface area (Å²) in [5.74, 6) is -1.20. The van der Waals surface area contributed by atoms with Crippen molar-refractivity contribution >= 4 is 11.9 Å². The van der Waals surface area contributed by atoms with Crippen LogP contribution in [0, 0.1) is 0 Å². The second-order valence-electron chi connectivity index (χ2n) is 20.7. The Morgan fingerprint density at radius 1 is 0.543 bits per heavy atom. The molecular formula is C59H111NO10. The monoisotopic (exact) mass is 994 g/mol. The van der Waals surface area contributed by atoms with Crippen molar-refractivity contribution in [1.82, 2.24) is 5.32 Å². The van der Waals surface area contributed by atoms with E-state index in [0.29, 0.717) is 12.8 Å². The summed E-state index contributed by atoms with van der Waals surface area (Å²) in [7, 11) is 0. The quantitative estimate of drug-likeness (QED) is 0.0195. The van der Waals surface area contributed by atoms with E-state index in [-0.39, 0.29) is 19.4 Å². The van der Waals surface area contributed by atoms with Gasteiger partial charge in [0.25, 0.3) is 0 Å². The van der Waals surface area contributed by atoms with E-state index in [1.54, 1.807) is 6.08 Å². The van der Waals surface area contributed by atoms with Gasteiger partial charge in [-0.3, -0.25) is 9.59 Å². The van der Waals surface area contributed by atoms with E-state index in [1.807, 2.05) is 6.08 Å². The van der Waals surface area contributed by atoms with E-state index >= 15 is 0 Å². The summed E-state index contributed by atoms with van der Waals surface area (Å²) in [6.45, 7) is 5.78. The van der Waals surface area contributed by atoms with E-state index < -0.39 is 67.4 Å². The number of carbonyl (C=O) groups excluding carboxylic acids is 2. The maximum absolute atomic E-state index is 13.4. The Hall–Kier alpha value is -1.86. The molecular weight excluding hydrogens is 883 g/mol. The molecule has 11 heteroatoms. The van der Waals surface area contributed by atoms with Gasteiger partial charge in [0.15, 0.2) is 12.4 Å². The summed E-state index contributed by atoms with van der Waals surface area (Å²) in [6.07, 6.45) is 43.6. The second kappa shape index (κ2) is 48.1. The summed E-state index contributed by atoms with van der Waals surface area (Å²) >= 11 is 0. The maximum Gasteiger partial charge on any atom is 0.306 e. The lowest BCUT2D eigenvalue weighted by atomic mass is 9.99. The molecule has 70 heavy (non-hydrogen) atoms. The van der Waals surface area contributed by atoms with Crippen molar-refractivity contribution in [3.8, 4) is 0 Å². The Labute approximate surface area is 429 Å². The molecule has 1 aliphatic heterocycles. The minimum Gasteiger partial charge on any atom is -0.454 e. The topological polar surface area (TPSA) is 175 Å². The van der Waals surface area contributed by atoms with Crippen LogP contribution in [0.15, 0.2) is 24.3 Å². The predicted molar refractivity (Wildman–Crippen MR) is 288 cm³/mol. The lowest BCUT2D eigenvalue weighted by Gasteiger charge is -2.41. The first-order chi connectivity index (χ1) is 34.2. The number of hydrogen-bond acceptors (Lipinski definition) is 10. The third kappa shape index (κ3) is 36.1. The van der Waals surface area contributed by atoms with Crippen LogP contribution in [0.2, 0.25) is 0 Å². The van der Waals surface area contributed by atoms with Crippen molar-refractivity contribution in [3.05, 3.63) is 24.3 Å². The van der Waals surface area contributed by atoms with Crippen LogP contribution in [0.5, 0.6) is 0 Å². The SMILES string of the molecule is CCCCCCCCC/C=C\CCCCC(O)C(=O)NC(COC1OC(CO)C(O)C(O)C1OC(=O)CCCCCCCCCCCCCCCCC)C(O)/C=C/CCCCCCCCCCCCC. The standard InChI is InChI=1S/C59H111NO10/c1-4-7-10-13-16-19-22-25-26-29-32-35-38-41-44-47-54(64)70-57-56(66)55(65)53(48-61)69-59(57)68-49-50(51(62)45-42-39-36-33-30-27-23-20-17-14-11-8-5-2)60-58(67)52(63)46-43-40-37-34-31-28-24-21-18-15-12-9-6-3/h31,34,42,45,50-53,55-57,59,61-63,65-66H,4-30,32-33,35-41,43-44,46-49H2,1-3H3,(H,60,67)/b34-31-,45-42+. The van der Waals surface area contributed by atoms with Gasteiger partial charge in [-0.1, -0.05) is 244 Å². The van der Waals surface area contributed by atoms with Gasteiger partial charge in [0.05, 0.1) is 25.4 Å². The summed E-state index contributed by atoms with van der Waals surface area (Å²) in [5, 5.41) is 56.8. The summed E-state index contributed by atoms with van der Waals surface area (Å²) in [6, 6.07) is -1.03. The molecule has 11 nitrogen and oxygen atoms in total. The molecule has 0 aromatic rings. The Bertz CT molecular complexity index is 1230. The van der Waals surface area contributed by atoms with E-state index in [2.05, 4.69) is 38.2 Å². The highest BCUT2D eigenvalue weighted by atomic mass is 16.7. The first kappa shape index (κ1) is 66.2. The lowest BCUT2D eigenvalue weighted by molar-refractivity contribution is -0.305. The normalized spacial score (nSPS) is 19.8. The molecule has 412 valence electrons. The van der Waals surface area contributed by atoms with Crippen molar-refractivity contribution in [2.24, 2.45) is 0 Å². The average Bonchev–Trinajstić information content (AvgIpc) is 3.36. The Morgan fingerprint density at radius 2 is 0.943 bits per heavy atom. The number of aliphatic hydroxyl groups is 5. The maximum atomic E-state index is 13.4. The molecule has 0 bridgehead atoms. The molecule has 0 aromatic heterocycles. The van der Waals surface area contributed by atoms with Crippen molar-refractivity contribution in [1.29, 1.82) is 0 Å². The Balaban J connectivity index is 2.73. The van der Waals surface area contributed by atoms with Crippen LogP contribution < -0.4 is 5.32 Å². The van der Waals surface area contributed by atoms with E-state index in [4.69, 9.17) is 14.2 Å². The van der Waals surface area contributed by atoms with Crippen LogP contribution in [-0.4, -0.2) is 99.6 Å². The second-order valence-corrected chi connectivity index (χ2v) is 20.7. The van der Waals surface area contributed by atoms with Gasteiger partial charge < -0.3 is 45.1 Å².